The Labute approximate surface area is 156 Å². The maximum Gasteiger partial charge on any atom is 0 e. The van der Waals surface area contributed by atoms with Crippen molar-refractivity contribution in [2.75, 3.05) is 0 Å². The van der Waals surface area contributed by atoms with E-state index in [0.717, 1.165) is 19.3 Å². The fourth-order valence-corrected chi connectivity index (χ4v) is 1.81. The third kappa shape index (κ3) is 49.9. The smallest absolute Gasteiger partial charge is 0 e. The second-order valence-corrected chi connectivity index (χ2v) is 5.74. The van der Waals surface area contributed by atoms with Crippen molar-refractivity contribution in [1.29, 1.82) is 0 Å². The van der Waals surface area contributed by atoms with Gasteiger partial charge in [-0.1, -0.05) is 97.8 Å². The molecule has 137 valence electrons. The molecule has 1 heteroatoms. The Morgan fingerprint density at radius 2 is 0.636 bits per heavy atom. The minimum absolute atomic E-state index is 0. The molecule has 0 bridgehead atoms. The van der Waals surface area contributed by atoms with Crippen LogP contribution < -0.4 is 0 Å². The zero-order valence-corrected chi connectivity index (χ0v) is 17.6. The Kier molecular flexibility index (Phi) is 52.1. The molecule has 0 saturated heterocycles. The first-order valence-electron chi connectivity index (χ1n) is 9.62. The van der Waals surface area contributed by atoms with Crippen LogP contribution in [0.25, 0.3) is 0 Å². The van der Waals surface area contributed by atoms with E-state index in [0.29, 0.717) is 0 Å². The molecule has 0 nitrogen and oxygen atoms in total. The molecule has 22 heavy (non-hydrogen) atoms. The van der Waals surface area contributed by atoms with E-state index in [1.165, 1.54) is 77.0 Å². The first-order chi connectivity index (χ1) is 10.2. The van der Waals surface area contributed by atoms with Gasteiger partial charge in [-0.2, -0.15) is 19.3 Å². The molecule has 0 fully saturated rings. The van der Waals surface area contributed by atoms with Crippen molar-refractivity contribution < 1.29 is 18.6 Å². The van der Waals surface area contributed by atoms with Gasteiger partial charge in [-0.3, -0.25) is 0 Å². The van der Waals surface area contributed by atoms with E-state index < -0.39 is 0 Å². The van der Waals surface area contributed by atoms with Gasteiger partial charge in [-0.05, 0) is 0 Å². The van der Waals surface area contributed by atoms with Crippen molar-refractivity contribution in [3.8, 4) is 0 Å². The molecule has 0 aliphatic rings. The first kappa shape index (κ1) is 30.5. The molecule has 0 unspecified atom stereocenters. The molecule has 0 aliphatic heterocycles. The molecule has 0 saturated carbocycles. The largest absolute Gasteiger partial charge is 0.343 e. The zero-order valence-electron chi connectivity index (χ0n) is 16.2. The summed E-state index contributed by atoms with van der Waals surface area (Å²) in [5, 5.41) is 0. The Balaban J connectivity index is -0.000000108. The molecule has 0 rings (SSSR count). The van der Waals surface area contributed by atoms with Gasteiger partial charge < -0.3 is 20.8 Å². The quantitative estimate of drug-likeness (QED) is 0.245. The molecule has 0 aromatic heterocycles. The van der Waals surface area contributed by atoms with Crippen molar-refractivity contribution in [1.82, 2.24) is 0 Å². The predicted molar refractivity (Wildman–Crippen MR) is 102 cm³/mol. The van der Waals surface area contributed by atoms with Crippen LogP contribution in [0.15, 0.2) is 0 Å². The number of hydrogen-bond donors (Lipinski definition) is 0. The molecule has 0 atom stereocenters. The molecule has 0 spiro atoms. The van der Waals surface area contributed by atoms with Crippen molar-refractivity contribution in [3.63, 3.8) is 0 Å². The SMILES string of the molecule is [CH2-]CCCCCC.[CH2-]CCCCCC.[CH2-]CCCCCC.[V]. The second kappa shape index (κ2) is 37.7. The molecule has 0 heterocycles. The summed E-state index contributed by atoms with van der Waals surface area (Å²) in [6.45, 7) is 17.9. The van der Waals surface area contributed by atoms with Crippen LogP contribution in [0.5, 0.6) is 0 Å². The van der Waals surface area contributed by atoms with Crippen molar-refractivity contribution in [3.05, 3.63) is 20.8 Å². The van der Waals surface area contributed by atoms with Gasteiger partial charge >= 0.3 is 0 Å². The molecule has 0 aromatic carbocycles. The van der Waals surface area contributed by atoms with Crippen LogP contribution in [-0.2, 0) is 18.6 Å². The van der Waals surface area contributed by atoms with Crippen LogP contribution in [0.4, 0.5) is 0 Å². The number of rotatable bonds is 12. The minimum Gasteiger partial charge on any atom is -0.343 e. The minimum atomic E-state index is 0. The molecule has 0 aromatic rings. The third-order valence-corrected chi connectivity index (χ3v) is 3.31. The van der Waals surface area contributed by atoms with Crippen molar-refractivity contribution in [2.24, 2.45) is 0 Å². The normalized spacial score (nSPS) is 9.00. The summed E-state index contributed by atoms with van der Waals surface area (Å²) < 4.78 is 0. The van der Waals surface area contributed by atoms with E-state index >= 15 is 0 Å². The Morgan fingerprint density at radius 3 is 0.773 bits per heavy atom. The second-order valence-electron chi connectivity index (χ2n) is 5.74. The van der Waals surface area contributed by atoms with E-state index in [-0.39, 0.29) is 18.6 Å². The van der Waals surface area contributed by atoms with Gasteiger partial charge in [0.2, 0.25) is 0 Å². The van der Waals surface area contributed by atoms with Gasteiger partial charge in [0.25, 0.3) is 0 Å². The summed E-state index contributed by atoms with van der Waals surface area (Å²) in [6.07, 6.45) is 19.6. The van der Waals surface area contributed by atoms with Crippen LogP contribution in [0.1, 0.15) is 117 Å². The van der Waals surface area contributed by atoms with Crippen molar-refractivity contribution >= 4 is 0 Å². The summed E-state index contributed by atoms with van der Waals surface area (Å²) in [4.78, 5) is 0. The van der Waals surface area contributed by atoms with Gasteiger partial charge in [0.05, 0.1) is 0 Å². The van der Waals surface area contributed by atoms with Crippen LogP contribution in [0.3, 0.4) is 0 Å². The standard InChI is InChI=1S/3C7H15.V/c3*1-3-5-7-6-4-2;/h3*1,3-7H2,2H3;/q3*-1;. The van der Waals surface area contributed by atoms with Gasteiger partial charge in [0, 0.05) is 18.6 Å². The number of unbranched alkanes of at least 4 members (excludes halogenated alkanes) is 12. The van der Waals surface area contributed by atoms with Crippen LogP contribution >= 0.6 is 0 Å². The third-order valence-electron chi connectivity index (χ3n) is 3.31. The Hall–Kier alpha value is 0.584. The molecular weight excluding hydrogens is 303 g/mol. The molecule has 1 radical (unpaired) electrons. The summed E-state index contributed by atoms with van der Waals surface area (Å²) in [6, 6.07) is 0. The molecule has 0 aliphatic carbocycles. The summed E-state index contributed by atoms with van der Waals surface area (Å²) in [5.74, 6) is 0. The van der Waals surface area contributed by atoms with Crippen LogP contribution in [-0.4, -0.2) is 0 Å². The van der Waals surface area contributed by atoms with Gasteiger partial charge in [-0.15, -0.1) is 0 Å². The van der Waals surface area contributed by atoms with E-state index in [1.807, 2.05) is 0 Å². The number of hydrogen-bond acceptors (Lipinski definition) is 0. The van der Waals surface area contributed by atoms with Gasteiger partial charge in [0.1, 0.15) is 0 Å². The van der Waals surface area contributed by atoms with E-state index in [9.17, 15) is 0 Å². The summed E-state index contributed by atoms with van der Waals surface area (Å²) in [7, 11) is 0. The maximum atomic E-state index is 3.76. The fraction of sp³-hybridized carbons (Fsp3) is 0.857. The molecule has 0 N–H and O–H groups in total. The summed E-state index contributed by atoms with van der Waals surface area (Å²) in [5.41, 5.74) is 0. The topological polar surface area (TPSA) is 0 Å². The van der Waals surface area contributed by atoms with Crippen molar-refractivity contribution in [2.45, 2.75) is 117 Å². The monoisotopic (exact) mass is 348 g/mol. The fourth-order valence-electron chi connectivity index (χ4n) is 1.81. The van der Waals surface area contributed by atoms with E-state index in [4.69, 9.17) is 0 Å². The van der Waals surface area contributed by atoms with E-state index in [2.05, 4.69) is 41.5 Å². The Bertz CT molecular complexity index is 87.3. The average molecular weight is 349 g/mol. The maximum absolute atomic E-state index is 3.76. The summed E-state index contributed by atoms with van der Waals surface area (Å²) >= 11 is 0. The van der Waals surface area contributed by atoms with Crippen LogP contribution in [0, 0.1) is 20.8 Å². The molecule has 0 amide bonds. The first-order valence-corrected chi connectivity index (χ1v) is 9.62. The van der Waals surface area contributed by atoms with Gasteiger partial charge in [-0.25, -0.2) is 0 Å². The molecular formula is C21H45V-3. The zero-order chi connectivity index (χ0) is 16.6. The van der Waals surface area contributed by atoms with Crippen LogP contribution in [0.2, 0.25) is 0 Å². The average Bonchev–Trinajstić information content (AvgIpc) is 2.50. The van der Waals surface area contributed by atoms with E-state index in [1.54, 1.807) is 0 Å². The predicted octanol–water partition coefficient (Wildman–Crippen LogP) is 8.37. The Morgan fingerprint density at radius 1 is 0.409 bits per heavy atom. The van der Waals surface area contributed by atoms with Gasteiger partial charge in [0.15, 0.2) is 0 Å².